The van der Waals surface area contributed by atoms with Crippen molar-refractivity contribution < 1.29 is 27.0 Å². The van der Waals surface area contributed by atoms with Crippen LogP contribution in [-0.4, -0.2) is 4.98 Å². The van der Waals surface area contributed by atoms with Crippen molar-refractivity contribution in [3.8, 4) is 33.8 Å². The molecule has 0 aliphatic carbocycles. The van der Waals surface area contributed by atoms with Crippen molar-refractivity contribution in [1.29, 1.82) is 0 Å². The zero-order valence-electron chi connectivity index (χ0n) is 44.6. The highest BCUT2D eigenvalue weighted by atomic mass is 16.3. The van der Waals surface area contributed by atoms with Crippen LogP contribution in [0.5, 0.6) is 0 Å². The summed E-state index contributed by atoms with van der Waals surface area (Å²) in [5.74, 6) is 0. The molecule has 8 aromatic carbocycles. The summed E-state index contributed by atoms with van der Waals surface area (Å²) in [5, 5.41) is 14.3. The van der Waals surface area contributed by atoms with Gasteiger partial charge in [0.1, 0.15) is 37.9 Å². The zero-order valence-corrected chi connectivity index (χ0v) is 44.6. The van der Waals surface area contributed by atoms with E-state index in [-0.39, 0.29) is 0 Å². The molecule has 0 aliphatic rings. The molecule has 7 nitrogen and oxygen atoms in total. The summed E-state index contributed by atoms with van der Waals surface area (Å²) in [4.78, 5) is 4.24. The minimum atomic E-state index is 0.912. The molecule has 0 saturated heterocycles. The molecule has 15 rings (SSSR count). The Morgan fingerprint density at radius 2 is 0.896 bits per heavy atom. The fourth-order valence-electron chi connectivity index (χ4n) is 11.8. The molecule has 0 aliphatic heterocycles. The summed E-state index contributed by atoms with van der Waals surface area (Å²) < 4.78 is 25.6. The van der Waals surface area contributed by atoms with Crippen LogP contribution in [0.25, 0.3) is 132 Å². The van der Waals surface area contributed by atoms with E-state index >= 15 is 0 Å². The van der Waals surface area contributed by atoms with Gasteiger partial charge in [0.25, 0.3) is 17.1 Å². The van der Waals surface area contributed by atoms with Gasteiger partial charge in [-0.3, -0.25) is 4.98 Å². The maximum atomic E-state index is 6.47. The Balaban J connectivity index is 0.000000110. The SMILES string of the molecule is Cc1ccc(-c2c3oc4ccc5ccccc5c4c3c(C)c[n+]2C)c(C)c1.Cc1ccccc1-c1c2oc3cc4ccncc4cc3c2cc[n+]1C.Cc1ccccc1-c1c2oc3ccc4ccccc4c3c2cc[n+]1C. The van der Waals surface area contributed by atoms with Crippen LogP contribution in [0.3, 0.4) is 0 Å². The highest BCUT2D eigenvalue weighted by Crippen LogP contribution is 2.42. The lowest BCUT2D eigenvalue weighted by Crippen LogP contribution is -2.31. The third kappa shape index (κ3) is 7.97. The fraction of sp³-hybridized carbons (Fsp3) is 0.114. The number of benzene rings is 8. The van der Waals surface area contributed by atoms with Gasteiger partial charge < -0.3 is 13.3 Å². The van der Waals surface area contributed by atoms with Crippen molar-refractivity contribution in [2.75, 3.05) is 0 Å². The number of nitrogens with zero attached hydrogens (tertiary/aromatic N) is 4. The number of hydrogen-bond donors (Lipinski definition) is 0. The molecular weight excluding hydrogens is 945 g/mol. The first kappa shape index (κ1) is 47.3. The molecule has 77 heavy (non-hydrogen) atoms. The lowest BCUT2D eigenvalue weighted by atomic mass is 9.98. The van der Waals surface area contributed by atoms with E-state index in [9.17, 15) is 0 Å². The number of hydrogen-bond acceptors (Lipinski definition) is 4. The molecule has 0 saturated carbocycles. The van der Waals surface area contributed by atoms with Crippen molar-refractivity contribution in [1.82, 2.24) is 4.98 Å². The van der Waals surface area contributed by atoms with Gasteiger partial charge in [0.2, 0.25) is 16.7 Å². The van der Waals surface area contributed by atoms with Crippen molar-refractivity contribution in [3.63, 3.8) is 0 Å². The quantitative estimate of drug-likeness (QED) is 0.165. The zero-order chi connectivity index (χ0) is 52.6. The van der Waals surface area contributed by atoms with E-state index in [1.807, 2.05) is 18.5 Å². The monoisotopic (exact) mass is 1000 g/mol. The van der Waals surface area contributed by atoms with Crippen LogP contribution in [0.1, 0.15) is 27.8 Å². The van der Waals surface area contributed by atoms with E-state index in [4.69, 9.17) is 13.3 Å². The maximum Gasteiger partial charge on any atom is 0.256 e. The van der Waals surface area contributed by atoms with Gasteiger partial charge in [0, 0.05) is 67.8 Å². The van der Waals surface area contributed by atoms with Gasteiger partial charge in [-0.15, -0.1) is 0 Å². The summed E-state index contributed by atoms with van der Waals surface area (Å²) in [5.41, 5.74) is 18.9. The van der Waals surface area contributed by atoms with E-state index in [2.05, 4.69) is 257 Å². The van der Waals surface area contributed by atoms with E-state index in [0.717, 1.165) is 72.1 Å². The van der Waals surface area contributed by atoms with Crippen LogP contribution >= 0.6 is 0 Å². The van der Waals surface area contributed by atoms with Gasteiger partial charge >= 0.3 is 0 Å². The molecule has 0 atom stereocenters. The number of furan rings is 3. The smallest absolute Gasteiger partial charge is 0.256 e. The lowest BCUT2D eigenvalue weighted by molar-refractivity contribution is -0.659. The summed E-state index contributed by atoms with van der Waals surface area (Å²) in [7, 11) is 6.24. The molecular formula is C70H57N4O3+3. The third-order valence-corrected chi connectivity index (χ3v) is 15.5. The van der Waals surface area contributed by atoms with Crippen molar-refractivity contribution in [2.24, 2.45) is 21.1 Å². The van der Waals surface area contributed by atoms with Crippen LogP contribution in [0.4, 0.5) is 0 Å². The Kier molecular flexibility index (Phi) is 11.5. The second-order valence-electron chi connectivity index (χ2n) is 20.7. The molecule has 0 N–H and O–H groups in total. The highest BCUT2D eigenvalue weighted by molar-refractivity contribution is 6.22. The van der Waals surface area contributed by atoms with Crippen LogP contribution < -0.4 is 13.7 Å². The summed E-state index contributed by atoms with van der Waals surface area (Å²) in [6.07, 6.45) is 10.2. The van der Waals surface area contributed by atoms with E-state index in [0.29, 0.717) is 0 Å². The summed E-state index contributed by atoms with van der Waals surface area (Å²) >= 11 is 0. The molecule has 0 amide bonds. The van der Waals surface area contributed by atoms with Gasteiger partial charge in [-0.25, -0.2) is 0 Å². The number of aryl methyl sites for hydroxylation is 8. The Labute approximate surface area is 446 Å². The number of aromatic nitrogens is 4. The Morgan fingerprint density at radius 1 is 0.351 bits per heavy atom. The molecule has 0 unspecified atom stereocenters. The van der Waals surface area contributed by atoms with Crippen LogP contribution in [0.15, 0.2) is 214 Å². The Morgan fingerprint density at radius 3 is 1.56 bits per heavy atom. The fourth-order valence-corrected chi connectivity index (χ4v) is 11.8. The maximum absolute atomic E-state index is 6.47. The minimum Gasteiger partial charge on any atom is -0.449 e. The molecule has 7 heteroatoms. The van der Waals surface area contributed by atoms with Crippen molar-refractivity contribution in [3.05, 3.63) is 229 Å². The third-order valence-electron chi connectivity index (χ3n) is 15.5. The number of pyridine rings is 4. The molecule has 0 radical (unpaired) electrons. The van der Waals surface area contributed by atoms with Gasteiger partial charge in [-0.1, -0.05) is 115 Å². The van der Waals surface area contributed by atoms with Gasteiger partial charge in [-0.2, -0.15) is 13.7 Å². The lowest BCUT2D eigenvalue weighted by Gasteiger charge is -2.07. The largest absolute Gasteiger partial charge is 0.449 e. The minimum absolute atomic E-state index is 0.912. The number of rotatable bonds is 3. The van der Waals surface area contributed by atoms with Gasteiger partial charge in [0.05, 0.1) is 16.7 Å². The predicted molar refractivity (Wildman–Crippen MR) is 315 cm³/mol. The molecule has 15 aromatic rings. The second kappa shape index (κ2) is 18.7. The van der Waals surface area contributed by atoms with E-state index in [1.54, 1.807) is 0 Å². The normalized spacial score (nSPS) is 11.6. The summed E-state index contributed by atoms with van der Waals surface area (Å²) in [6, 6.07) is 59.6. The first-order valence-corrected chi connectivity index (χ1v) is 26.2. The number of fused-ring (bicyclic) bond motifs is 14. The standard InChI is InChI=1S/C25H22NO.C23H18NO.C22H17N2O/c1-15-9-11-19(16(2)13-15)24-25-22(17(3)14-26(24)4)23-20-8-6-5-7-18(20)10-12-21(23)27-25;1-15-7-3-5-9-17(15)22-23-19(13-14-24(22)2)21-18-10-6-4-8-16(18)11-12-20(21)25-23;1-14-5-3-4-6-17(14)21-22-18(8-10-24(21)2)19-11-16-13-23-9-7-15(16)12-20(19)25-22/h5-14H,1-4H3;3-14H,1-2H3;3-13H,1-2H3/q3*+1. The van der Waals surface area contributed by atoms with Crippen LogP contribution in [0.2, 0.25) is 0 Å². The molecule has 0 fully saturated rings. The first-order chi connectivity index (χ1) is 37.5. The molecule has 0 spiro atoms. The molecule has 7 aromatic heterocycles. The predicted octanol–water partition coefficient (Wildman–Crippen LogP) is 16.6. The van der Waals surface area contributed by atoms with Gasteiger partial charge in [-0.05, 0) is 127 Å². The average Bonchev–Trinajstić information content (AvgIpc) is 4.19. The Hall–Kier alpha value is -9.46. The summed E-state index contributed by atoms with van der Waals surface area (Å²) in [6.45, 7) is 10.8. The van der Waals surface area contributed by atoms with Gasteiger partial charge in [0.15, 0.2) is 18.6 Å². The molecule has 0 bridgehead atoms. The van der Waals surface area contributed by atoms with Crippen molar-refractivity contribution >= 4 is 98.1 Å². The molecule has 7 heterocycles. The van der Waals surface area contributed by atoms with Crippen LogP contribution in [-0.2, 0) is 21.1 Å². The first-order valence-electron chi connectivity index (χ1n) is 26.2. The van der Waals surface area contributed by atoms with Crippen molar-refractivity contribution in [2.45, 2.75) is 34.6 Å². The van der Waals surface area contributed by atoms with E-state index < -0.39 is 0 Å². The second-order valence-corrected chi connectivity index (χ2v) is 20.7. The Bertz CT molecular complexity index is 4860. The van der Waals surface area contributed by atoms with Crippen LogP contribution in [0, 0.1) is 34.6 Å². The molecule has 372 valence electrons. The topological polar surface area (TPSA) is 64.0 Å². The van der Waals surface area contributed by atoms with E-state index in [1.165, 1.54) is 87.6 Å². The average molecular weight is 1000 g/mol. The highest BCUT2D eigenvalue weighted by Gasteiger charge is 2.27.